The molecule has 0 amide bonds. The van der Waals surface area contributed by atoms with Crippen LogP contribution in [-0.4, -0.2) is 103 Å². The Bertz CT molecular complexity index is 1140. The van der Waals surface area contributed by atoms with Gasteiger partial charge in [-0.25, -0.2) is 15.0 Å². The molecular formula is C20H29N9O3S. The first-order chi connectivity index (χ1) is 15.8. The van der Waals surface area contributed by atoms with Crippen LogP contribution in [0, 0.1) is 0 Å². The van der Waals surface area contributed by atoms with E-state index in [1.165, 1.54) is 8.61 Å². The van der Waals surface area contributed by atoms with Crippen molar-refractivity contribution in [3.63, 3.8) is 0 Å². The maximum atomic E-state index is 12.4. The molecule has 178 valence electrons. The Morgan fingerprint density at radius 1 is 1.12 bits per heavy atom. The summed E-state index contributed by atoms with van der Waals surface area (Å²) in [5, 5.41) is 0. The molecule has 5 heterocycles. The van der Waals surface area contributed by atoms with E-state index in [-0.39, 0.29) is 18.0 Å². The van der Waals surface area contributed by atoms with Crippen molar-refractivity contribution in [3.05, 3.63) is 18.0 Å². The predicted molar refractivity (Wildman–Crippen MR) is 124 cm³/mol. The molecule has 2 fully saturated rings. The van der Waals surface area contributed by atoms with E-state index in [1.807, 2.05) is 0 Å². The van der Waals surface area contributed by atoms with Crippen LogP contribution >= 0.6 is 0 Å². The lowest BCUT2D eigenvalue weighted by Crippen LogP contribution is -2.62. The largest absolute Gasteiger partial charge is 0.377 e. The zero-order chi connectivity index (χ0) is 23.3. The van der Waals surface area contributed by atoms with E-state index in [0.717, 1.165) is 35.6 Å². The highest BCUT2D eigenvalue weighted by atomic mass is 32.2. The topological polar surface area (TPSA) is 134 Å². The minimum atomic E-state index is -3.41. The van der Waals surface area contributed by atoms with Crippen LogP contribution in [0.3, 0.4) is 0 Å². The number of ether oxygens (including phenoxy) is 1. The molecule has 13 heteroatoms. The van der Waals surface area contributed by atoms with Crippen molar-refractivity contribution in [3.8, 4) is 11.3 Å². The van der Waals surface area contributed by atoms with Crippen molar-refractivity contribution >= 4 is 27.9 Å². The second kappa shape index (κ2) is 8.31. The molecule has 2 aromatic heterocycles. The van der Waals surface area contributed by atoms with Gasteiger partial charge in [0.1, 0.15) is 5.82 Å². The summed E-state index contributed by atoms with van der Waals surface area (Å²) in [7, 11) is -0.304. The summed E-state index contributed by atoms with van der Waals surface area (Å²) in [5.41, 5.74) is 8.31. The summed E-state index contributed by atoms with van der Waals surface area (Å²) in [5.74, 6) is 1.71. The summed E-state index contributed by atoms with van der Waals surface area (Å²) >= 11 is 0. The lowest BCUT2D eigenvalue weighted by molar-refractivity contribution is 0.0981. The Morgan fingerprint density at radius 2 is 1.85 bits per heavy atom. The minimum absolute atomic E-state index is 0.0707. The highest BCUT2D eigenvalue weighted by Crippen LogP contribution is 2.38. The third-order valence-electron chi connectivity index (χ3n) is 6.48. The standard InChI is InChI=1S/C20H29N9O3S/c1-13-12-32-7-6-28(13)20-24-17(14-8-22-19(21)23-9-14)16-4-5-29(18(16)25-20)15-10-27(11-15)33(30,31)26(2)3/h8-9,13,15H,4-7,10-12H2,1-3H3,(H2,21,22,23)/t13-/m0/s1. The van der Waals surface area contributed by atoms with Gasteiger partial charge in [0, 0.05) is 63.8 Å². The van der Waals surface area contributed by atoms with Gasteiger partial charge in [-0.05, 0) is 13.3 Å². The Hall–Kier alpha value is -2.61. The molecule has 2 saturated heterocycles. The van der Waals surface area contributed by atoms with Gasteiger partial charge in [-0.1, -0.05) is 0 Å². The van der Waals surface area contributed by atoms with Crippen LogP contribution in [0.2, 0.25) is 0 Å². The minimum Gasteiger partial charge on any atom is -0.377 e. The maximum absolute atomic E-state index is 12.4. The first-order valence-corrected chi connectivity index (χ1v) is 12.4. The SMILES string of the molecule is C[C@H]1COCCN1c1nc(-c2cnc(N)nc2)c2c(n1)N(C1CN(S(=O)(=O)N(C)C)C1)CC2. The molecule has 2 N–H and O–H groups in total. The number of nitrogen functional groups attached to an aromatic ring is 1. The van der Waals surface area contributed by atoms with Gasteiger partial charge in [-0.3, -0.25) is 0 Å². The Labute approximate surface area is 193 Å². The third-order valence-corrected chi connectivity index (χ3v) is 8.35. The first-order valence-electron chi connectivity index (χ1n) is 11.0. The lowest BCUT2D eigenvalue weighted by Gasteiger charge is -2.44. The summed E-state index contributed by atoms with van der Waals surface area (Å²) in [6.45, 7) is 5.67. The molecule has 3 aliphatic heterocycles. The van der Waals surface area contributed by atoms with Gasteiger partial charge in [-0.2, -0.15) is 22.0 Å². The normalized spacial score (nSPS) is 22.0. The van der Waals surface area contributed by atoms with Crippen molar-refractivity contribution in [2.24, 2.45) is 0 Å². The van der Waals surface area contributed by atoms with Crippen LogP contribution in [-0.2, 0) is 21.4 Å². The number of anilines is 3. The molecule has 0 saturated carbocycles. The molecule has 12 nitrogen and oxygen atoms in total. The van der Waals surface area contributed by atoms with E-state index >= 15 is 0 Å². The van der Waals surface area contributed by atoms with Crippen molar-refractivity contribution in [1.82, 2.24) is 28.5 Å². The zero-order valence-electron chi connectivity index (χ0n) is 19.0. The number of hydrogen-bond donors (Lipinski definition) is 1. The molecule has 33 heavy (non-hydrogen) atoms. The lowest BCUT2D eigenvalue weighted by atomic mass is 10.1. The zero-order valence-corrected chi connectivity index (χ0v) is 19.9. The van der Waals surface area contributed by atoms with Crippen molar-refractivity contribution in [2.45, 2.75) is 25.4 Å². The fourth-order valence-electron chi connectivity index (χ4n) is 4.51. The van der Waals surface area contributed by atoms with Gasteiger partial charge >= 0.3 is 0 Å². The van der Waals surface area contributed by atoms with Gasteiger partial charge in [0.2, 0.25) is 11.9 Å². The molecule has 0 aromatic carbocycles. The van der Waals surface area contributed by atoms with E-state index in [4.69, 9.17) is 20.4 Å². The highest BCUT2D eigenvalue weighted by Gasteiger charge is 2.43. The molecule has 2 aromatic rings. The number of fused-ring (bicyclic) bond motifs is 1. The monoisotopic (exact) mass is 475 g/mol. The van der Waals surface area contributed by atoms with Gasteiger partial charge in [0.05, 0.1) is 31.0 Å². The molecule has 3 aliphatic rings. The molecule has 0 aliphatic carbocycles. The van der Waals surface area contributed by atoms with Crippen molar-refractivity contribution in [1.29, 1.82) is 0 Å². The number of nitrogens with two attached hydrogens (primary N) is 1. The van der Waals surface area contributed by atoms with E-state index in [9.17, 15) is 8.42 Å². The average molecular weight is 476 g/mol. The van der Waals surface area contributed by atoms with Crippen LogP contribution < -0.4 is 15.5 Å². The molecule has 1 atom stereocenters. The Morgan fingerprint density at radius 3 is 2.52 bits per heavy atom. The Balaban J connectivity index is 1.51. The molecule has 5 rings (SSSR count). The number of morpholine rings is 1. The molecule has 0 spiro atoms. The van der Waals surface area contributed by atoms with E-state index < -0.39 is 10.2 Å². The van der Waals surface area contributed by atoms with E-state index in [1.54, 1.807) is 26.5 Å². The smallest absolute Gasteiger partial charge is 0.281 e. The van der Waals surface area contributed by atoms with Crippen LogP contribution in [0.4, 0.5) is 17.7 Å². The fraction of sp³-hybridized carbons (Fsp3) is 0.600. The van der Waals surface area contributed by atoms with Crippen LogP contribution in [0.5, 0.6) is 0 Å². The second-order valence-electron chi connectivity index (χ2n) is 8.83. The fourth-order valence-corrected chi connectivity index (χ4v) is 5.69. The van der Waals surface area contributed by atoms with E-state index in [2.05, 4.69) is 26.7 Å². The summed E-state index contributed by atoms with van der Waals surface area (Å²) in [6.07, 6.45) is 4.15. The summed E-state index contributed by atoms with van der Waals surface area (Å²) in [6, 6.07) is 0.216. The first kappa shape index (κ1) is 22.2. The van der Waals surface area contributed by atoms with Crippen molar-refractivity contribution < 1.29 is 13.2 Å². The number of aromatic nitrogens is 4. The predicted octanol–water partition coefficient (Wildman–Crippen LogP) is -0.406. The highest BCUT2D eigenvalue weighted by molar-refractivity contribution is 7.86. The number of hydrogen-bond acceptors (Lipinski definition) is 10. The van der Waals surface area contributed by atoms with Crippen LogP contribution in [0.1, 0.15) is 12.5 Å². The Kier molecular flexibility index (Phi) is 5.59. The number of rotatable bonds is 5. The molecular weight excluding hydrogens is 446 g/mol. The van der Waals surface area contributed by atoms with Crippen LogP contribution in [0.25, 0.3) is 11.3 Å². The number of nitrogens with zero attached hydrogens (tertiary/aromatic N) is 8. The van der Waals surface area contributed by atoms with Crippen molar-refractivity contribution in [2.75, 3.05) is 69.0 Å². The van der Waals surface area contributed by atoms with Gasteiger partial charge in [-0.15, -0.1) is 0 Å². The summed E-state index contributed by atoms with van der Waals surface area (Å²) in [4.78, 5) is 22.6. The van der Waals surface area contributed by atoms with Gasteiger partial charge < -0.3 is 20.3 Å². The molecule has 0 unspecified atom stereocenters. The van der Waals surface area contributed by atoms with Gasteiger partial charge in [0.15, 0.2) is 0 Å². The van der Waals surface area contributed by atoms with E-state index in [0.29, 0.717) is 38.8 Å². The maximum Gasteiger partial charge on any atom is 0.281 e. The molecule has 0 radical (unpaired) electrons. The van der Waals surface area contributed by atoms with Crippen LogP contribution in [0.15, 0.2) is 12.4 Å². The average Bonchev–Trinajstić information content (AvgIpc) is 3.16. The second-order valence-corrected chi connectivity index (χ2v) is 11.0. The third kappa shape index (κ3) is 3.88. The summed E-state index contributed by atoms with van der Waals surface area (Å²) < 4.78 is 33.2. The molecule has 0 bridgehead atoms. The van der Waals surface area contributed by atoms with Gasteiger partial charge in [0.25, 0.3) is 10.2 Å². The quantitative estimate of drug-likeness (QED) is 0.608.